The van der Waals surface area contributed by atoms with Crippen LogP contribution in [0.15, 0.2) is 24.3 Å². The number of hydrogen-bond acceptors (Lipinski definition) is 4. The Kier molecular flexibility index (Phi) is 6.97. The normalized spacial score (nSPS) is 10.3. The molecular formula is C14H21N3O2S. The van der Waals surface area contributed by atoms with Crippen molar-refractivity contribution in [2.75, 3.05) is 31.6 Å². The first-order chi connectivity index (χ1) is 9.56. The molecule has 0 unspecified atom stereocenters. The maximum absolute atomic E-state index is 11.8. The Balaban J connectivity index is 2.45. The molecule has 20 heavy (non-hydrogen) atoms. The van der Waals surface area contributed by atoms with Gasteiger partial charge in [-0.15, -0.1) is 0 Å². The third-order valence-electron chi connectivity index (χ3n) is 2.92. The Hall–Kier alpha value is -1.66. The van der Waals surface area contributed by atoms with Crippen LogP contribution in [0.2, 0.25) is 0 Å². The highest BCUT2D eigenvalue weighted by atomic mass is 32.1. The molecule has 0 fully saturated rings. The molecule has 0 saturated heterocycles. The number of carbonyl (C=O) groups is 1. The van der Waals surface area contributed by atoms with Crippen LogP contribution in [0.25, 0.3) is 0 Å². The van der Waals surface area contributed by atoms with E-state index in [1.807, 2.05) is 0 Å². The SMILES string of the molecule is CCN(CC)CCOC(=O)c1ccc(NC(N)=S)cc1. The number of carbonyl (C=O) groups excluding carboxylic acids is 1. The summed E-state index contributed by atoms with van der Waals surface area (Å²) in [5.74, 6) is -0.320. The molecule has 0 aliphatic heterocycles. The van der Waals surface area contributed by atoms with Crippen molar-refractivity contribution in [3.8, 4) is 0 Å². The molecule has 0 bridgehead atoms. The lowest BCUT2D eigenvalue weighted by Gasteiger charge is -2.17. The number of anilines is 1. The number of likely N-dealkylation sites (N-methyl/N-ethyl adjacent to an activating group) is 1. The van der Waals surface area contributed by atoms with Gasteiger partial charge in [0, 0.05) is 12.2 Å². The van der Waals surface area contributed by atoms with Gasteiger partial charge in [0.05, 0.1) is 5.56 Å². The van der Waals surface area contributed by atoms with Crippen molar-refractivity contribution in [2.45, 2.75) is 13.8 Å². The summed E-state index contributed by atoms with van der Waals surface area (Å²) in [6.45, 7) is 7.21. The standard InChI is InChI=1S/C14H21N3O2S/c1-3-17(4-2)9-10-19-13(18)11-5-7-12(8-6-11)16-14(15)20/h5-8H,3-4,9-10H2,1-2H3,(H3,15,16,20). The zero-order chi connectivity index (χ0) is 15.0. The molecule has 1 rings (SSSR count). The molecule has 1 aromatic rings. The lowest BCUT2D eigenvalue weighted by molar-refractivity contribution is 0.0466. The summed E-state index contributed by atoms with van der Waals surface area (Å²) in [5, 5.41) is 2.99. The first kappa shape index (κ1) is 16.4. The third-order valence-corrected chi connectivity index (χ3v) is 3.03. The predicted octanol–water partition coefficient (Wildman–Crippen LogP) is 1.84. The highest BCUT2D eigenvalue weighted by Crippen LogP contribution is 2.10. The monoisotopic (exact) mass is 295 g/mol. The summed E-state index contributed by atoms with van der Waals surface area (Å²) in [6, 6.07) is 6.83. The van der Waals surface area contributed by atoms with E-state index in [1.54, 1.807) is 24.3 Å². The van der Waals surface area contributed by atoms with Gasteiger partial charge in [-0.05, 0) is 49.6 Å². The molecule has 0 amide bonds. The Morgan fingerprint density at radius 1 is 1.30 bits per heavy atom. The van der Waals surface area contributed by atoms with Crippen LogP contribution >= 0.6 is 12.2 Å². The van der Waals surface area contributed by atoms with Gasteiger partial charge in [0.25, 0.3) is 0 Å². The van der Waals surface area contributed by atoms with Crippen molar-refractivity contribution in [2.24, 2.45) is 5.73 Å². The van der Waals surface area contributed by atoms with Crippen molar-refractivity contribution in [1.29, 1.82) is 0 Å². The van der Waals surface area contributed by atoms with E-state index in [4.69, 9.17) is 22.7 Å². The smallest absolute Gasteiger partial charge is 0.338 e. The van der Waals surface area contributed by atoms with Gasteiger partial charge in [-0.2, -0.15) is 0 Å². The molecule has 0 aliphatic rings. The fourth-order valence-corrected chi connectivity index (χ4v) is 1.84. The second-order valence-electron chi connectivity index (χ2n) is 4.23. The van der Waals surface area contributed by atoms with Gasteiger partial charge in [-0.3, -0.25) is 0 Å². The van der Waals surface area contributed by atoms with E-state index in [-0.39, 0.29) is 11.1 Å². The van der Waals surface area contributed by atoms with Gasteiger partial charge < -0.3 is 20.7 Å². The number of nitrogens with one attached hydrogen (secondary N) is 1. The number of nitrogens with zero attached hydrogens (tertiary/aromatic N) is 1. The summed E-state index contributed by atoms with van der Waals surface area (Å²) in [7, 11) is 0. The molecular weight excluding hydrogens is 274 g/mol. The molecule has 0 saturated carbocycles. The first-order valence-corrected chi connectivity index (χ1v) is 7.03. The van der Waals surface area contributed by atoms with Gasteiger partial charge >= 0.3 is 5.97 Å². The van der Waals surface area contributed by atoms with E-state index >= 15 is 0 Å². The highest BCUT2D eigenvalue weighted by Gasteiger charge is 2.08. The summed E-state index contributed by atoms with van der Waals surface area (Å²) in [5.41, 5.74) is 6.63. The quantitative estimate of drug-likeness (QED) is 0.591. The fraction of sp³-hybridized carbons (Fsp3) is 0.429. The lowest BCUT2D eigenvalue weighted by Crippen LogP contribution is -2.27. The second-order valence-corrected chi connectivity index (χ2v) is 4.67. The molecule has 0 heterocycles. The average molecular weight is 295 g/mol. The van der Waals surface area contributed by atoms with Gasteiger partial charge in [0.15, 0.2) is 5.11 Å². The van der Waals surface area contributed by atoms with Crippen LogP contribution in [0.4, 0.5) is 5.69 Å². The van der Waals surface area contributed by atoms with Crippen LogP contribution in [0.5, 0.6) is 0 Å². The van der Waals surface area contributed by atoms with E-state index in [9.17, 15) is 4.79 Å². The van der Waals surface area contributed by atoms with Crippen molar-refractivity contribution < 1.29 is 9.53 Å². The Morgan fingerprint density at radius 2 is 1.90 bits per heavy atom. The predicted molar refractivity (Wildman–Crippen MR) is 84.9 cm³/mol. The van der Waals surface area contributed by atoms with Gasteiger partial charge in [0.2, 0.25) is 0 Å². The number of benzene rings is 1. The molecule has 1 aromatic carbocycles. The molecule has 0 atom stereocenters. The van der Waals surface area contributed by atoms with Crippen LogP contribution in [0.1, 0.15) is 24.2 Å². The molecule has 110 valence electrons. The van der Waals surface area contributed by atoms with Crippen LogP contribution < -0.4 is 11.1 Å². The van der Waals surface area contributed by atoms with Crippen LogP contribution in [-0.2, 0) is 4.74 Å². The van der Waals surface area contributed by atoms with Crippen LogP contribution in [0.3, 0.4) is 0 Å². The molecule has 5 nitrogen and oxygen atoms in total. The minimum atomic E-state index is -0.320. The van der Waals surface area contributed by atoms with Gasteiger partial charge in [-0.1, -0.05) is 13.8 Å². The maximum atomic E-state index is 11.8. The van der Waals surface area contributed by atoms with E-state index in [0.29, 0.717) is 12.2 Å². The number of ether oxygens (including phenoxy) is 1. The zero-order valence-electron chi connectivity index (χ0n) is 11.9. The molecule has 0 aromatic heterocycles. The Labute approximate surface area is 125 Å². The van der Waals surface area contributed by atoms with E-state index in [2.05, 4.69) is 24.1 Å². The zero-order valence-corrected chi connectivity index (χ0v) is 12.7. The van der Waals surface area contributed by atoms with Crippen molar-refractivity contribution >= 4 is 29.0 Å². The number of thiocarbonyl (C=S) groups is 1. The average Bonchev–Trinajstić information content (AvgIpc) is 2.43. The summed E-state index contributed by atoms with van der Waals surface area (Å²) < 4.78 is 5.23. The fourth-order valence-electron chi connectivity index (χ4n) is 1.72. The summed E-state index contributed by atoms with van der Waals surface area (Å²) in [6.07, 6.45) is 0. The second kappa shape index (κ2) is 8.50. The number of hydrogen-bond donors (Lipinski definition) is 2. The Morgan fingerprint density at radius 3 is 2.40 bits per heavy atom. The highest BCUT2D eigenvalue weighted by molar-refractivity contribution is 7.80. The molecule has 0 spiro atoms. The molecule has 0 aliphatic carbocycles. The Bertz CT molecular complexity index is 444. The third kappa shape index (κ3) is 5.54. The van der Waals surface area contributed by atoms with E-state index in [1.165, 1.54) is 0 Å². The van der Waals surface area contributed by atoms with Gasteiger partial charge in [0.1, 0.15) is 6.61 Å². The maximum Gasteiger partial charge on any atom is 0.338 e. The number of nitrogens with two attached hydrogens (primary N) is 1. The van der Waals surface area contributed by atoms with Crippen LogP contribution in [0, 0.1) is 0 Å². The minimum absolute atomic E-state index is 0.194. The molecule has 0 radical (unpaired) electrons. The van der Waals surface area contributed by atoms with Gasteiger partial charge in [-0.25, -0.2) is 4.79 Å². The van der Waals surface area contributed by atoms with E-state index < -0.39 is 0 Å². The van der Waals surface area contributed by atoms with Crippen LogP contribution in [-0.4, -0.2) is 42.2 Å². The first-order valence-electron chi connectivity index (χ1n) is 6.62. The van der Waals surface area contributed by atoms with E-state index in [0.717, 1.165) is 25.3 Å². The summed E-state index contributed by atoms with van der Waals surface area (Å²) >= 11 is 4.74. The lowest BCUT2D eigenvalue weighted by atomic mass is 10.2. The minimum Gasteiger partial charge on any atom is -0.461 e. The topological polar surface area (TPSA) is 67.6 Å². The number of esters is 1. The summed E-state index contributed by atoms with van der Waals surface area (Å²) in [4.78, 5) is 14.0. The van der Waals surface area contributed by atoms with Crippen molar-refractivity contribution in [3.05, 3.63) is 29.8 Å². The largest absolute Gasteiger partial charge is 0.461 e. The van der Waals surface area contributed by atoms with Crippen molar-refractivity contribution in [3.63, 3.8) is 0 Å². The molecule has 3 N–H and O–H groups in total. The van der Waals surface area contributed by atoms with Crippen molar-refractivity contribution in [1.82, 2.24) is 4.90 Å². The molecule has 6 heteroatoms. The number of rotatable bonds is 7.